The Morgan fingerprint density at radius 3 is 2.65 bits per heavy atom. The molecule has 0 fully saturated rings. The second-order valence-electron chi connectivity index (χ2n) is 4.19. The fourth-order valence-corrected chi connectivity index (χ4v) is 3.52. The maximum Gasteiger partial charge on any atom is 0.115 e. The Labute approximate surface area is 119 Å². The van der Waals surface area contributed by atoms with Gasteiger partial charge in [-0.15, -0.1) is 0 Å². The first-order chi connectivity index (χ1) is 8.16. The molecule has 92 valence electrons. The van der Waals surface area contributed by atoms with Crippen LogP contribution in [-0.2, 0) is 4.74 Å². The van der Waals surface area contributed by atoms with Crippen LogP contribution < -0.4 is 5.32 Å². The molecule has 2 rings (SSSR count). The van der Waals surface area contributed by atoms with Gasteiger partial charge < -0.3 is 10.1 Å². The average Bonchev–Trinajstić information content (AvgIpc) is 2.29. The van der Waals surface area contributed by atoms with Gasteiger partial charge in [-0.05, 0) is 75.4 Å². The molecule has 0 amide bonds. The van der Waals surface area contributed by atoms with Crippen molar-refractivity contribution >= 4 is 37.5 Å². The predicted octanol–water partition coefficient (Wildman–Crippen LogP) is 4.62. The maximum atomic E-state index is 5.53. The van der Waals surface area contributed by atoms with Crippen LogP contribution in [-0.4, -0.2) is 12.6 Å². The first-order valence-electron chi connectivity index (χ1n) is 5.67. The SMILES string of the molecule is Cc1cc(Br)c(NCC2CCC=CO2)c(Br)c1. The molecule has 0 aromatic heterocycles. The largest absolute Gasteiger partial charge is 0.497 e. The summed E-state index contributed by atoms with van der Waals surface area (Å²) < 4.78 is 7.69. The molecule has 1 N–H and O–H groups in total. The summed E-state index contributed by atoms with van der Waals surface area (Å²) in [6.45, 7) is 2.90. The van der Waals surface area contributed by atoms with Gasteiger partial charge in [0.15, 0.2) is 0 Å². The smallest absolute Gasteiger partial charge is 0.115 e. The van der Waals surface area contributed by atoms with E-state index < -0.39 is 0 Å². The normalized spacial score (nSPS) is 18.9. The number of allylic oxidation sites excluding steroid dienone is 1. The van der Waals surface area contributed by atoms with E-state index in [0.717, 1.165) is 34.0 Å². The Bertz CT molecular complexity index is 408. The molecule has 0 radical (unpaired) electrons. The number of nitrogens with one attached hydrogen (secondary N) is 1. The second-order valence-corrected chi connectivity index (χ2v) is 5.90. The molecule has 1 aliphatic rings. The monoisotopic (exact) mass is 359 g/mol. The highest BCUT2D eigenvalue weighted by Gasteiger charge is 2.12. The van der Waals surface area contributed by atoms with Crippen LogP contribution in [0.15, 0.2) is 33.4 Å². The van der Waals surface area contributed by atoms with Crippen LogP contribution in [0.3, 0.4) is 0 Å². The van der Waals surface area contributed by atoms with Crippen LogP contribution in [0.1, 0.15) is 18.4 Å². The summed E-state index contributed by atoms with van der Waals surface area (Å²) >= 11 is 7.15. The predicted molar refractivity (Wildman–Crippen MR) is 78.3 cm³/mol. The Kier molecular flexibility index (Phi) is 4.51. The number of benzene rings is 1. The molecule has 1 aromatic rings. The molecular weight excluding hydrogens is 346 g/mol. The standard InChI is InChI=1S/C13H15Br2NO/c1-9-6-11(14)13(12(15)7-9)16-8-10-4-2-3-5-17-10/h3,5-7,10,16H,2,4,8H2,1H3. The van der Waals surface area contributed by atoms with Crippen molar-refractivity contribution in [1.82, 2.24) is 0 Å². The molecule has 1 aliphatic heterocycles. The number of aryl methyl sites for hydroxylation is 1. The zero-order valence-corrected chi connectivity index (χ0v) is 12.8. The lowest BCUT2D eigenvalue weighted by Gasteiger charge is -2.21. The number of hydrogen-bond acceptors (Lipinski definition) is 2. The molecule has 0 saturated carbocycles. The van der Waals surface area contributed by atoms with Crippen LogP contribution >= 0.6 is 31.9 Å². The third kappa shape index (κ3) is 3.49. The first kappa shape index (κ1) is 13.0. The molecule has 1 heterocycles. The van der Waals surface area contributed by atoms with Gasteiger partial charge in [-0.25, -0.2) is 0 Å². The summed E-state index contributed by atoms with van der Waals surface area (Å²) in [5, 5.41) is 3.43. The Hall–Kier alpha value is -0.480. The topological polar surface area (TPSA) is 21.3 Å². The van der Waals surface area contributed by atoms with Crippen LogP contribution in [0.5, 0.6) is 0 Å². The van der Waals surface area contributed by atoms with Crippen LogP contribution in [0.25, 0.3) is 0 Å². The second kappa shape index (κ2) is 5.91. The van der Waals surface area contributed by atoms with Crippen LogP contribution in [0, 0.1) is 6.92 Å². The van der Waals surface area contributed by atoms with Gasteiger partial charge in [0.05, 0.1) is 18.5 Å². The van der Waals surface area contributed by atoms with E-state index in [-0.39, 0.29) is 6.10 Å². The molecular formula is C13H15Br2NO. The van der Waals surface area contributed by atoms with Gasteiger partial charge in [0, 0.05) is 8.95 Å². The number of ether oxygens (including phenoxy) is 1. The van der Waals surface area contributed by atoms with Crippen LogP contribution in [0.4, 0.5) is 5.69 Å². The number of rotatable bonds is 3. The lowest BCUT2D eigenvalue weighted by molar-refractivity contribution is 0.135. The highest BCUT2D eigenvalue weighted by molar-refractivity contribution is 9.11. The number of hydrogen-bond donors (Lipinski definition) is 1. The van der Waals surface area contributed by atoms with Gasteiger partial charge in [0.1, 0.15) is 6.10 Å². The zero-order valence-electron chi connectivity index (χ0n) is 9.67. The molecule has 2 nitrogen and oxygen atoms in total. The minimum atomic E-state index is 0.264. The van der Waals surface area contributed by atoms with E-state index in [1.54, 1.807) is 6.26 Å². The van der Waals surface area contributed by atoms with Gasteiger partial charge in [-0.2, -0.15) is 0 Å². The summed E-state index contributed by atoms with van der Waals surface area (Å²) in [5.74, 6) is 0. The summed E-state index contributed by atoms with van der Waals surface area (Å²) in [6, 6.07) is 4.21. The third-order valence-electron chi connectivity index (χ3n) is 2.72. The molecule has 0 aliphatic carbocycles. The van der Waals surface area contributed by atoms with E-state index >= 15 is 0 Å². The van der Waals surface area contributed by atoms with E-state index in [1.165, 1.54) is 5.56 Å². The first-order valence-corrected chi connectivity index (χ1v) is 7.25. The molecule has 1 unspecified atom stereocenters. The Balaban J connectivity index is 2.01. The van der Waals surface area contributed by atoms with Gasteiger partial charge in [-0.1, -0.05) is 0 Å². The van der Waals surface area contributed by atoms with Crippen molar-refractivity contribution in [3.05, 3.63) is 39.0 Å². The Morgan fingerprint density at radius 1 is 1.35 bits per heavy atom. The number of halogens is 2. The van der Waals surface area contributed by atoms with Crippen molar-refractivity contribution in [2.75, 3.05) is 11.9 Å². The lowest BCUT2D eigenvalue weighted by atomic mass is 10.1. The highest BCUT2D eigenvalue weighted by atomic mass is 79.9. The van der Waals surface area contributed by atoms with Crippen molar-refractivity contribution in [3.8, 4) is 0 Å². The lowest BCUT2D eigenvalue weighted by Crippen LogP contribution is -2.23. The van der Waals surface area contributed by atoms with Crippen molar-refractivity contribution in [2.24, 2.45) is 0 Å². The van der Waals surface area contributed by atoms with Gasteiger partial charge >= 0.3 is 0 Å². The fraction of sp³-hybridized carbons (Fsp3) is 0.385. The third-order valence-corrected chi connectivity index (χ3v) is 3.97. The van der Waals surface area contributed by atoms with E-state index in [2.05, 4.69) is 62.3 Å². The van der Waals surface area contributed by atoms with Gasteiger partial charge in [0.25, 0.3) is 0 Å². The summed E-state index contributed by atoms with van der Waals surface area (Å²) in [4.78, 5) is 0. The molecule has 4 heteroatoms. The molecule has 0 spiro atoms. The van der Waals surface area contributed by atoms with E-state index in [9.17, 15) is 0 Å². The van der Waals surface area contributed by atoms with E-state index in [1.807, 2.05) is 0 Å². The van der Waals surface area contributed by atoms with Crippen LogP contribution in [0.2, 0.25) is 0 Å². The van der Waals surface area contributed by atoms with Crippen molar-refractivity contribution in [2.45, 2.75) is 25.9 Å². The molecule has 17 heavy (non-hydrogen) atoms. The average molecular weight is 361 g/mol. The van der Waals surface area contributed by atoms with Crippen molar-refractivity contribution < 1.29 is 4.74 Å². The van der Waals surface area contributed by atoms with Gasteiger partial charge in [0.2, 0.25) is 0 Å². The highest BCUT2D eigenvalue weighted by Crippen LogP contribution is 2.32. The maximum absolute atomic E-state index is 5.53. The quantitative estimate of drug-likeness (QED) is 0.848. The van der Waals surface area contributed by atoms with Crippen molar-refractivity contribution in [3.63, 3.8) is 0 Å². The summed E-state index contributed by atoms with van der Waals surface area (Å²) in [6.07, 6.45) is 6.30. The molecule has 1 atom stereocenters. The number of anilines is 1. The van der Waals surface area contributed by atoms with E-state index in [0.29, 0.717) is 0 Å². The molecule has 0 bridgehead atoms. The fourth-order valence-electron chi connectivity index (χ4n) is 1.82. The molecule has 1 aromatic carbocycles. The minimum Gasteiger partial charge on any atom is -0.497 e. The van der Waals surface area contributed by atoms with Gasteiger partial charge in [-0.3, -0.25) is 0 Å². The zero-order chi connectivity index (χ0) is 12.3. The minimum absolute atomic E-state index is 0.264. The van der Waals surface area contributed by atoms with Crippen molar-refractivity contribution in [1.29, 1.82) is 0 Å². The Morgan fingerprint density at radius 2 is 2.06 bits per heavy atom. The van der Waals surface area contributed by atoms with E-state index in [4.69, 9.17) is 4.74 Å². The summed E-state index contributed by atoms with van der Waals surface area (Å²) in [7, 11) is 0. The molecule has 0 saturated heterocycles. The summed E-state index contributed by atoms with van der Waals surface area (Å²) in [5.41, 5.74) is 2.32.